The fraction of sp³-hybridized carbons (Fsp3) is 1.00. The van der Waals surface area contributed by atoms with Crippen molar-refractivity contribution in [2.45, 2.75) is 44.8 Å². The fourth-order valence-corrected chi connectivity index (χ4v) is 1.89. The van der Waals surface area contributed by atoms with Crippen LogP contribution in [0.15, 0.2) is 0 Å². The van der Waals surface area contributed by atoms with E-state index < -0.39 is 0 Å². The maximum absolute atomic E-state index is 9.66. The third kappa shape index (κ3) is 5.80. The third-order valence-corrected chi connectivity index (χ3v) is 2.80. The molecule has 4 nitrogen and oxygen atoms in total. The molecule has 96 valence electrons. The van der Waals surface area contributed by atoms with Crippen LogP contribution in [-0.2, 0) is 14.2 Å². The highest BCUT2D eigenvalue weighted by molar-refractivity contribution is 4.74. The molecule has 0 aromatic rings. The van der Waals surface area contributed by atoms with E-state index in [0.717, 1.165) is 32.3 Å². The van der Waals surface area contributed by atoms with Gasteiger partial charge in [-0.1, -0.05) is 12.8 Å². The van der Waals surface area contributed by atoms with Gasteiger partial charge in [0.15, 0.2) is 0 Å². The van der Waals surface area contributed by atoms with Gasteiger partial charge in [-0.15, -0.1) is 0 Å². The highest BCUT2D eigenvalue weighted by Crippen LogP contribution is 2.20. The molecule has 1 saturated carbocycles. The Morgan fingerprint density at radius 3 is 2.44 bits per heavy atom. The van der Waals surface area contributed by atoms with Gasteiger partial charge < -0.3 is 19.3 Å². The molecule has 1 fully saturated rings. The molecule has 2 atom stereocenters. The Kier molecular flexibility index (Phi) is 7.76. The summed E-state index contributed by atoms with van der Waals surface area (Å²) in [6, 6.07) is 0. The number of hydrogen-bond acceptors (Lipinski definition) is 4. The molecule has 0 heterocycles. The average molecular weight is 232 g/mol. The minimum absolute atomic E-state index is 0.0178. The summed E-state index contributed by atoms with van der Waals surface area (Å²) < 4.78 is 16.1. The minimum Gasteiger partial charge on any atom is -0.390 e. The smallest absolute Gasteiger partial charge is 0.0835 e. The van der Waals surface area contributed by atoms with Crippen molar-refractivity contribution in [3.05, 3.63) is 0 Å². The molecule has 16 heavy (non-hydrogen) atoms. The van der Waals surface area contributed by atoms with Crippen molar-refractivity contribution in [1.82, 2.24) is 0 Å². The van der Waals surface area contributed by atoms with Crippen LogP contribution in [0.1, 0.15) is 32.6 Å². The van der Waals surface area contributed by atoms with E-state index in [1.54, 1.807) is 0 Å². The first-order valence-corrected chi connectivity index (χ1v) is 6.29. The van der Waals surface area contributed by atoms with Crippen LogP contribution in [0.5, 0.6) is 0 Å². The molecular formula is C12H24O4. The molecule has 0 saturated heterocycles. The molecule has 0 bridgehead atoms. The number of hydrogen-bond donors (Lipinski definition) is 1. The van der Waals surface area contributed by atoms with Gasteiger partial charge in [0.2, 0.25) is 0 Å². The Labute approximate surface area is 97.9 Å². The molecule has 0 aromatic heterocycles. The maximum atomic E-state index is 9.66. The Bertz CT molecular complexity index is 163. The lowest BCUT2D eigenvalue weighted by Crippen LogP contribution is -2.33. The molecule has 0 aliphatic heterocycles. The second-order valence-corrected chi connectivity index (χ2v) is 4.07. The first-order chi connectivity index (χ1) is 7.84. The lowest BCUT2D eigenvalue weighted by molar-refractivity contribution is -0.0760. The summed E-state index contributed by atoms with van der Waals surface area (Å²) in [5.74, 6) is 0. The zero-order valence-electron chi connectivity index (χ0n) is 10.2. The summed E-state index contributed by atoms with van der Waals surface area (Å²) in [6.45, 7) is 5.10. The van der Waals surface area contributed by atoms with Crippen LogP contribution in [0, 0.1) is 0 Å². The summed E-state index contributed by atoms with van der Waals surface area (Å²) in [4.78, 5) is 0. The second kappa shape index (κ2) is 8.93. The van der Waals surface area contributed by atoms with E-state index in [0.29, 0.717) is 26.4 Å². The normalized spacial score (nSPS) is 25.9. The van der Waals surface area contributed by atoms with E-state index in [1.807, 2.05) is 6.92 Å². The van der Waals surface area contributed by atoms with Crippen molar-refractivity contribution < 1.29 is 19.3 Å². The maximum Gasteiger partial charge on any atom is 0.0835 e. The highest BCUT2D eigenvalue weighted by atomic mass is 16.5. The lowest BCUT2D eigenvalue weighted by Gasteiger charge is -2.27. The molecule has 0 spiro atoms. The molecule has 1 N–H and O–H groups in total. The molecule has 0 radical (unpaired) electrons. The SMILES string of the molecule is CCOCCOCCO[C@@H]1CCCC[C@H]1O. The van der Waals surface area contributed by atoms with E-state index in [2.05, 4.69) is 0 Å². The van der Waals surface area contributed by atoms with Gasteiger partial charge >= 0.3 is 0 Å². The zero-order chi connectivity index (χ0) is 11.6. The number of aliphatic hydroxyl groups excluding tert-OH is 1. The van der Waals surface area contributed by atoms with Gasteiger partial charge in [-0.25, -0.2) is 0 Å². The third-order valence-electron chi connectivity index (χ3n) is 2.80. The van der Waals surface area contributed by atoms with Gasteiger partial charge in [-0.05, 0) is 19.8 Å². The van der Waals surface area contributed by atoms with Crippen LogP contribution >= 0.6 is 0 Å². The summed E-state index contributed by atoms with van der Waals surface area (Å²) in [6.07, 6.45) is 3.86. The van der Waals surface area contributed by atoms with Crippen molar-refractivity contribution in [2.24, 2.45) is 0 Å². The Morgan fingerprint density at radius 1 is 1.00 bits per heavy atom. The first kappa shape index (κ1) is 13.9. The number of aliphatic hydroxyl groups is 1. The van der Waals surface area contributed by atoms with Crippen molar-refractivity contribution in [3.63, 3.8) is 0 Å². The second-order valence-electron chi connectivity index (χ2n) is 4.07. The van der Waals surface area contributed by atoms with Crippen LogP contribution in [0.25, 0.3) is 0 Å². The standard InChI is InChI=1S/C12H24O4/c1-2-14-7-8-15-9-10-16-12-6-4-3-5-11(12)13/h11-13H,2-10H2,1H3/t11-,12-/m1/s1. The summed E-state index contributed by atoms with van der Waals surface area (Å²) in [7, 11) is 0. The van der Waals surface area contributed by atoms with Gasteiger partial charge in [0.25, 0.3) is 0 Å². The van der Waals surface area contributed by atoms with E-state index in [-0.39, 0.29) is 12.2 Å². The van der Waals surface area contributed by atoms with E-state index in [1.165, 1.54) is 0 Å². The molecule has 1 rings (SSSR count). The average Bonchev–Trinajstić information content (AvgIpc) is 2.30. The number of ether oxygens (including phenoxy) is 3. The summed E-state index contributed by atoms with van der Waals surface area (Å²) in [5.41, 5.74) is 0. The van der Waals surface area contributed by atoms with E-state index in [4.69, 9.17) is 14.2 Å². The van der Waals surface area contributed by atoms with Crippen LogP contribution < -0.4 is 0 Å². The number of rotatable bonds is 8. The monoisotopic (exact) mass is 232 g/mol. The quantitative estimate of drug-likeness (QED) is 0.642. The van der Waals surface area contributed by atoms with Gasteiger partial charge in [-0.2, -0.15) is 0 Å². The molecule has 1 aliphatic rings. The van der Waals surface area contributed by atoms with Gasteiger partial charge in [0.1, 0.15) is 0 Å². The van der Waals surface area contributed by atoms with Crippen molar-refractivity contribution in [2.75, 3.05) is 33.0 Å². The largest absolute Gasteiger partial charge is 0.390 e. The molecule has 0 aromatic carbocycles. The molecule has 4 heteroatoms. The Balaban J connectivity index is 1.90. The predicted molar refractivity (Wildman–Crippen MR) is 61.5 cm³/mol. The Morgan fingerprint density at radius 2 is 1.69 bits per heavy atom. The Hall–Kier alpha value is -0.160. The van der Waals surface area contributed by atoms with Crippen molar-refractivity contribution >= 4 is 0 Å². The van der Waals surface area contributed by atoms with E-state index >= 15 is 0 Å². The molecule has 1 aliphatic carbocycles. The lowest BCUT2D eigenvalue weighted by atomic mass is 9.95. The zero-order valence-corrected chi connectivity index (χ0v) is 10.2. The van der Waals surface area contributed by atoms with Crippen LogP contribution in [-0.4, -0.2) is 50.3 Å². The van der Waals surface area contributed by atoms with Gasteiger partial charge in [-0.3, -0.25) is 0 Å². The molecule has 0 unspecified atom stereocenters. The van der Waals surface area contributed by atoms with Crippen LogP contribution in [0.4, 0.5) is 0 Å². The van der Waals surface area contributed by atoms with Crippen LogP contribution in [0.2, 0.25) is 0 Å². The van der Waals surface area contributed by atoms with Gasteiger partial charge in [0.05, 0.1) is 38.6 Å². The van der Waals surface area contributed by atoms with E-state index in [9.17, 15) is 5.11 Å². The topological polar surface area (TPSA) is 47.9 Å². The predicted octanol–water partition coefficient (Wildman–Crippen LogP) is 1.36. The van der Waals surface area contributed by atoms with Crippen LogP contribution in [0.3, 0.4) is 0 Å². The fourth-order valence-electron chi connectivity index (χ4n) is 1.89. The molecule has 0 amide bonds. The highest BCUT2D eigenvalue weighted by Gasteiger charge is 2.23. The summed E-state index contributed by atoms with van der Waals surface area (Å²) >= 11 is 0. The summed E-state index contributed by atoms with van der Waals surface area (Å²) in [5, 5.41) is 9.66. The first-order valence-electron chi connectivity index (χ1n) is 6.29. The molecular weight excluding hydrogens is 208 g/mol. The minimum atomic E-state index is -0.280. The van der Waals surface area contributed by atoms with Gasteiger partial charge in [0, 0.05) is 6.61 Å². The van der Waals surface area contributed by atoms with Crippen molar-refractivity contribution in [1.29, 1.82) is 0 Å². The van der Waals surface area contributed by atoms with Crippen molar-refractivity contribution in [3.8, 4) is 0 Å².